The topological polar surface area (TPSA) is 64.8 Å². The molecular formula is C27H27N3O3. The molecule has 1 aliphatic rings. The van der Waals surface area contributed by atoms with Crippen molar-refractivity contribution in [2.24, 2.45) is 15.5 Å². The highest BCUT2D eigenvalue weighted by atomic mass is 16.6. The quantitative estimate of drug-likeness (QED) is 0.389. The van der Waals surface area contributed by atoms with E-state index in [1.54, 1.807) is 0 Å². The number of oxime groups is 3. The van der Waals surface area contributed by atoms with Crippen LogP contribution in [0.2, 0.25) is 0 Å². The maximum Gasteiger partial charge on any atom is 0.152 e. The lowest BCUT2D eigenvalue weighted by molar-refractivity contribution is 0.125. The number of hydrogen-bond donors (Lipinski definition) is 0. The molecule has 0 unspecified atom stereocenters. The van der Waals surface area contributed by atoms with E-state index in [-0.39, 0.29) is 0 Å². The van der Waals surface area contributed by atoms with Gasteiger partial charge in [-0.3, -0.25) is 0 Å². The molecular weight excluding hydrogens is 414 g/mol. The summed E-state index contributed by atoms with van der Waals surface area (Å²) in [6.45, 7) is 1.14. The Hall–Kier alpha value is -3.93. The summed E-state index contributed by atoms with van der Waals surface area (Å²) in [5.74, 6) is 0. The number of hydrogen-bond acceptors (Lipinski definition) is 6. The van der Waals surface area contributed by atoms with Crippen LogP contribution in [0.5, 0.6) is 0 Å². The first-order chi connectivity index (χ1) is 16.4. The Morgan fingerprint density at radius 3 is 1.24 bits per heavy atom. The molecule has 1 aliphatic carbocycles. The second-order valence-electron chi connectivity index (χ2n) is 7.65. The Balaban J connectivity index is 1.47. The van der Waals surface area contributed by atoms with E-state index in [9.17, 15) is 0 Å². The van der Waals surface area contributed by atoms with Crippen LogP contribution in [0.15, 0.2) is 106 Å². The molecule has 1 saturated carbocycles. The van der Waals surface area contributed by atoms with Crippen LogP contribution in [0.4, 0.5) is 0 Å². The predicted octanol–water partition coefficient (Wildman–Crippen LogP) is 5.89. The summed E-state index contributed by atoms with van der Waals surface area (Å²) in [5.41, 5.74) is 5.15. The molecule has 6 heteroatoms. The van der Waals surface area contributed by atoms with Crippen LogP contribution in [0.1, 0.15) is 36.0 Å². The van der Waals surface area contributed by atoms with Gasteiger partial charge in [0.25, 0.3) is 0 Å². The maximum atomic E-state index is 5.66. The molecule has 0 atom stereocenters. The lowest BCUT2D eigenvalue weighted by Gasteiger charge is -2.17. The molecule has 0 aliphatic heterocycles. The smallest absolute Gasteiger partial charge is 0.152 e. The van der Waals surface area contributed by atoms with Crippen molar-refractivity contribution in [2.75, 3.05) is 0 Å². The van der Waals surface area contributed by atoms with Crippen molar-refractivity contribution in [1.29, 1.82) is 0 Å². The third-order valence-electron chi connectivity index (χ3n) is 5.10. The highest BCUT2D eigenvalue weighted by molar-refractivity contribution is 6.69. The van der Waals surface area contributed by atoms with Crippen LogP contribution in [0.3, 0.4) is 0 Å². The molecule has 0 spiro atoms. The zero-order valence-electron chi connectivity index (χ0n) is 18.5. The van der Waals surface area contributed by atoms with E-state index < -0.39 is 0 Å². The molecule has 0 heterocycles. The Bertz CT molecular complexity index is 1020. The van der Waals surface area contributed by atoms with Crippen LogP contribution < -0.4 is 0 Å². The fourth-order valence-electron chi connectivity index (χ4n) is 3.37. The first kappa shape index (κ1) is 22.3. The molecule has 0 radical (unpaired) electrons. The summed E-state index contributed by atoms with van der Waals surface area (Å²) in [4.78, 5) is 16.9. The number of nitrogens with zero attached hydrogens (tertiary/aromatic N) is 3. The maximum absolute atomic E-state index is 5.66. The minimum absolute atomic E-state index is 0.362. The van der Waals surface area contributed by atoms with Gasteiger partial charge in [0, 0.05) is 0 Å². The van der Waals surface area contributed by atoms with Crippen molar-refractivity contribution in [2.45, 2.75) is 39.1 Å². The Morgan fingerprint density at radius 1 is 0.485 bits per heavy atom. The first-order valence-electron chi connectivity index (χ1n) is 11.1. The zero-order valence-corrected chi connectivity index (χ0v) is 18.5. The van der Waals surface area contributed by atoms with Crippen molar-refractivity contribution in [3.63, 3.8) is 0 Å². The standard InChI is InChI=1S/C27H27N3O3/c1-4-11-22(12-5-1)19-31-28-25-17-10-18-26(29-32-20-23-13-6-2-7-14-23)27(25)30-33-21-24-15-8-3-9-16-24/h1-9,11-16H,10,17-21H2/b28-25-,29-26+,30-27-. The van der Waals surface area contributed by atoms with Gasteiger partial charge in [0.05, 0.1) is 0 Å². The van der Waals surface area contributed by atoms with E-state index in [2.05, 4.69) is 15.5 Å². The van der Waals surface area contributed by atoms with Crippen LogP contribution in [-0.4, -0.2) is 17.1 Å². The van der Waals surface area contributed by atoms with Gasteiger partial charge in [-0.2, -0.15) is 0 Å². The second-order valence-corrected chi connectivity index (χ2v) is 7.65. The minimum Gasteiger partial charge on any atom is -0.391 e. The molecule has 0 N–H and O–H groups in total. The molecule has 4 rings (SSSR count). The largest absolute Gasteiger partial charge is 0.391 e. The molecule has 3 aromatic rings. The average molecular weight is 442 g/mol. The van der Waals surface area contributed by atoms with E-state index in [0.29, 0.717) is 37.0 Å². The van der Waals surface area contributed by atoms with Crippen LogP contribution >= 0.6 is 0 Å². The Morgan fingerprint density at radius 2 is 0.848 bits per heavy atom. The average Bonchev–Trinajstić information content (AvgIpc) is 2.87. The molecule has 1 fully saturated rings. The van der Waals surface area contributed by atoms with E-state index in [1.807, 2.05) is 91.0 Å². The van der Waals surface area contributed by atoms with Gasteiger partial charge in [-0.15, -0.1) is 0 Å². The lowest BCUT2D eigenvalue weighted by Crippen LogP contribution is -2.30. The van der Waals surface area contributed by atoms with E-state index >= 15 is 0 Å². The fraction of sp³-hybridized carbons (Fsp3) is 0.222. The van der Waals surface area contributed by atoms with Crippen molar-refractivity contribution >= 4 is 17.1 Å². The van der Waals surface area contributed by atoms with E-state index in [1.165, 1.54) is 0 Å². The normalized spacial score (nSPS) is 17.3. The van der Waals surface area contributed by atoms with Gasteiger partial charge in [-0.25, -0.2) is 0 Å². The summed E-state index contributed by atoms with van der Waals surface area (Å²) in [5, 5.41) is 13.1. The summed E-state index contributed by atoms with van der Waals surface area (Å²) in [6.07, 6.45) is 2.36. The molecule has 33 heavy (non-hydrogen) atoms. The van der Waals surface area contributed by atoms with Gasteiger partial charge in [0.15, 0.2) is 5.71 Å². The molecule has 6 nitrogen and oxygen atoms in total. The molecule has 0 aromatic heterocycles. The van der Waals surface area contributed by atoms with E-state index in [0.717, 1.165) is 36.0 Å². The Kier molecular flexibility index (Phi) is 8.23. The van der Waals surface area contributed by atoms with Crippen LogP contribution in [-0.2, 0) is 34.3 Å². The minimum atomic E-state index is 0.362. The van der Waals surface area contributed by atoms with Crippen molar-refractivity contribution < 1.29 is 14.5 Å². The van der Waals surface area contributed by atoms with Crippen molar-refractivity contribution in [1.82, 2.24) is 0 Å². The highest BCUT2D eigenvalue weighted by Crippen LogP contribution is 2.15. The van der Waals surface area contributed by atoms with Crippen molar-refractivity contribution in [3.8, 4) is 0 Å². The molecule has 0 bridgehead atoms. The second kappa shape index (κ2) is 12.2. The van der Waals surface area contributed by atoms with Gasteiger partial charge in [0.1, 0.15) is 31.2 Å². The predicted molar refractivity (Wildman–Crippen MR) is 130 cm³/mol. The van der Waals surface area contributed by atoms with Gasteiger partial charge in [-0.1, -0.05) is 106 Å². The first-order valence-corrected chi connectivity index (χ1v) is 11.1. The summed E-state index contributed by atoms with van der Waals surface area (Å²) in [6, 6.07) is 29.8. The third kappa shape index (κ3) is 7.04. The molecule has 3 aromatic carbocycles. The van der Waals surface area contributed by atoms with E-state index in [4.69, 9.17) is 14.5 Å². The summed E-state index contributed by atoms with van der Waals surface area (Å²) >= 11 is 0. The number of benzene rings is 3. The highest BCUT2D eigenvalue weighted by Gasteiger charge is 2.24. The van der Waals surface area contributed by atoms with Gasteiger partial charge < -0.3 is 14.5 Å². The summed E-state index contributed by atoms with van der Waals surface area (Å²) < 4.78 is 0. The van der Waals surface area contributed by atoms with Gasteiger partial charge in [-0.05, 0) is 36.0 Å². The Labute approximate surface area is 194 Å². The summed E-state index contributed by atoms with van der Waals surface area (Å²) in [7, 11) is 0. The van der Waals surface area contributed by atoms with Crippen molar-refractivity contribution in [3.05, 3.63) is 108 Å². The third-order valence-corrected chi connectivity index (χ3v) is 5.10. The van der Waals surface area contributed by atoms with Gasteiger partial charge in [0.2, 0.25) is 0 Å². The fourth-order valence-corrected chi connectivity index (χ4v) is 3.37. The van der Waals surface area contributed by atoms with Crippen LogP contribution in [0.25, 0.3) is 0 Å². The monoisotopic (exact) mass is 441 g/mol. The SMILES string of the molecule is c1ccc(CO/N=C2/CCCC(=N\OCc3ccccc3)/C2=N\OCc2ccccc2)cc1. The molecule has 168 valence electrons. The van der Waals surface area contributed by atoms with Crippen LogP contribution in [0, 0.1) is 0 Å². The zero-order chi connectivity index (χ0) is 22.6. The number of rotatable bonds is 9. The lowest BCUT2D eigenvalue weighted by atomic mass is 9.94. The molecule has 0 saturated heterocycles. The van der Waals surface area contributed by atoms with Gasteiger partial charge >= 0.3 is 0 Å². The molecule has 0 amide bonds.